The molecule has 0 aliphatic rings. The van der Waals surface area contributed by atoms with Gasteiger partial charge in [-0.3, -0.25) is 4.79 Å². The van der Waals surface area contributed by atoms with E-state index < -0.39 is 0 Å². The number of aromatic nitrogens is 2. The molecular formula is C12H8ClN3O2. The van der Waals surface area contributed by atoms with Gasteiger partial charge in [0.25, 0.3) is 5.91 Å². The summed E-state index contributed by atoms with van der Waals surface area (Å²) in [4.78, 5) is 18.8. The number of nitrogens with zero attached hydrogens (tertiary/aromatic N) is 1. The summed E-state index contributed by atoms with van der Waals surface area (Å²) < 4.78 is 5.17. The molecule has 0 bridgehead atoms. The molecule has 6 heteroatoms. The molecule has 0 aliphatic carbocycles. The maximum atomic E-state index is 12.0. The van der Waals surface area contributed by atoms with E-state index in [-0.39, 0.29) is 11.1 Å². The number of nitrogens with one attached hydrogen (secondary N) is 2. The molecule has 0 unspecified atom stereocenters. The highest BCUT2D eigenvalue weighted by Gasteiger charge is 2.12. The van der Waals surface area contributed by atoms with Crippen molar-refractivity contribution in [2.24, 2.45) is 0 Å². The lowest BCUT2D eigenvalue weighted by Crippen LogP contribution is -2.12. The van der Waals surface area contributed by atoms with Crippen molar-refractivity contribution in [3.8, 4) is 0 Å². The minimum atomic E-state index is -0.295. The van der Waals surface area contributed by atoms with E-state index in [1.165, 1.54) is 0 Å². The Labute approximate surface area is 107 Å². The second kappa shape index (κ2) is 4.19. The summed E-state index contributed by atoms with van der Waals surface area (Å²) in [7, 11) is 0. The molecule has 18 heavy (non-hydrogen) atoms. The van der Waals surface area contributed by atoms with Gasteiger partial charge in [0.05, 0.1) is 17.5 Å². The predicted molar refractivity (Wildman–Crippen MR) is 67.8 cm³/mol. The maximum Gasteiger partial charge on any atom is 0.272 e. The van der Waals surface area contributed by atoms with Gasteiger partial charge in [-0.2, -0.15) is 0 Å². The highest BCUT2D eigenvalue weighted by atomic mass is 35.5. The Balaban J connectivity index is 1.87. The zero-order valence-electron chi connectivity index (χ0n) is 9.11. The Hall–Kier alpha value is -2.27. The maximum absolute atomic E-state index is 12.0. The van der Waals surface area contributed by atoms with Gasteiger partial charge in [-0.15, -0.1) is 0 Å². The van der Waals surface area contributed by atoms with E-state index in [0.717, 1.165) is 5.52 Å². The van der Waals surface area contributed by atoms with Gasteiger partial charge in [0.1, 0.15) is 5.69 Å². The minimum Gasteiger partial charge on any atom is -0.463 e. The molecule has 0 saturated heterocycles. The van der Waals surface area contributed by atoms with Gasteiger partial charge >= 0.3 is 0 Å². The summed E-state index contributed by atoms with van der Waals surface area (Å²) in [6.07, 6.45) is 3.11. The summed E-state index contributed by atoms with van der Waals surface area (Å²) in [5, 5.41) is 2.92. The van der Waals surface area contributed by atoms with Crippen LogP contribution in [0.2, 0.25) is 5.15 Å². The van der Waals surface area contributed by atoms with Gasteiger partial charge in [-0.05, 0) is 12.1 Å². The minimum absolute atomic E-state index is 0.251. The average Bonchev–Trinajstić information content (AvgIpc) is 2.92. The van der Waals surface area contributed by atoms with Crippen molar-refractivity contribution in [1.82, 2.24) is 9.97 Å². The van der Waals surface area contributed by atoms with Crippen LogP contribution in [-0.2, 0) is 0 Å². The molecule has 3 aromatic rings. The van der Waals surface area contributed by atoms with E-state index in [1.807, 2.05) is 0 Å². The van der Waals surface area contributed by atoms with Crippen LogP contribution in [0.3, 0.4) is 0 Å². The van der Waals surface area contributed by atoms with Crippen LogP contribution in [0.15, 0.2) is 41.1 Å². The second-order valence-corrected chi connectivity index (χ2v) is 4.04. The summed E-state index contributed by atoms with van der Waals surface area (Å²) in [6, 6.07) is 6.76. The monoisotopic (exact) mass is 261 g/mol. The fourth-order valence-electron chi connectivity index (χ4n) is 1.64. The summed E-state index contributed by atoms with van der Waals surface area (Å²) >= 11 is 5.86. The number of carbonyl (C=O) groups is 1. The summed E-state index contributed by atoms with van der Waals surface area (Å²) in [6.45, 7) is 0. The van der Waals surface area contributed by atoms with Crippen LogP contribution in [0, 0.1) is 0 Å². The Kier molecular flexibility index (Phi) is 2.53. The van der Waals surface area contributed by atoms with E-state index in [9.17, 15) is 4.79 Å². The van der Waals surface area contributed by atoms with Crippen molar-refractivity contribution in [2.75, 3.05) is 5.32 Å². The molecule has 0 fully saturated rings. The van der Waals surface area contributed by atoms with Crippen molar-refractivity contribution in [3.63, 3.8) is 0 Å². The number of anilines is 1. The molecule has 5 nitrogen and oxygen atoms in total. The first kappa shape index (κ1) is 10.9. The fourth-order valence-corrected chi connectivity index (χ4v) is 1.81. The van der Waals surface area contributed by atoms with E-state index in [0.29, 0.717) is 17.0 Å². The molecule has 0 radical (unpaired) electrons. The molecule has 1 amide bonds. The number of aromatic amines is 1. The van der Waals surface area contributed by atoms with Crippen molar-refractivity contribution >= 4 is 34.3 Å². The average molecular weight is 262 g/mol. The first-order valence-corrected chi connectivity index (χ1v) is 5.60. The van der Waals surface area contributed by atoms with E-state index in [4.69, 9.17) is 16.0 Å². The molecule has 0 spiro atoms. The summed E-state index contributed by atoms with van der Waals surface area (Å²) in [5.74, 6) is -0.295. The Morgan fingerprint density at radius 2 is 2.33 bits per heavy atom. The Morgan fingerprint density at radius 3 is 3.11 bits per heavy atom. The zero-order chi connectivity index (χ0) is 12.5. The number of H-pyrrole nitrogens is 1. The smallest absolute Gasteiger partial charge is 0.272 e. The van der Waals surface area contributed by atoms with Crippen LogP contribution in [-0.4, -0.2) is 15.9 Å². The lowest BCUT2D eigenvalue weighted by atomic mass is 10.3. The van der Waals surface area contributed by atoms with Gasteiger partial charge < -0.3 is 14.7 Å². The third-order valence-corrected chi connectivity index (χ3v) is 2.79. The van der Waals surface area contributed by atoms with Gasteiger partial charge in [-0.1, -0.05) is 11.6 Å². The highest BCUT2D eigenvalue weighted by molar-refractivity contribution is 6.32. The van der Waals surface area contributed by atoms with Crippen molar-refractivity contribution in [3.05, 3.63) is 47.6 Å². The van der Waals surface area contributed by atoms with E-state index in [1.54, 1.807) is 36.7 Å². The highest BCUT2D eigenvalue weighted by Crippen LogP contribution is 2.20. The fraction of sp³-hybridized carbons (Fsp3) is 0. The van der Waals surface area contributed by atoms with Crippen LogP contribution in [0.5, 0.6) is 0 Å². The van der Waals surface area contributed by atoms with Crippen LogP contribution in [0.1, 0.15) is 10.5 Å². The second-order valence-electron chi connectivity index (χ2n) is 3.68. The zero-order valence-corrected chi connectivity index (χ0v) is 9.86. The van der Waals surface area contributed by atoms with E-state index >= 15 is 0 Å². The topological polar surface area (TPSA) is 70.9 Å². The van der Waals surface area contributed by atoms with Crippen molar-refractivity contribution < 1.29 is 9.21 Å². The van der Waals surface area contributed by atoms with Crippen molar-refractivity contribution in [1.29, 1.82) is 0 Å². The van der Waals surface area contributed by atoms with Crippen molar-refractivity contribution in [2.45, 2.75) is 0 Å². The molecule has 90 valence electrons. The van der Waals surface area contributed by atoms with Gasteiger partial charge in [0.15, 0.2) is 10.7 Å². The third kappa shape index (κ3) is 1.84. The van der Waals surface area contributed by atoms with Crippen LogP contribution in [0.4, 0.5) is 5.69 Å². The van der Waals surface area contributed by atoms with Crippen LogP contribution < -0.4 is 5.32 Å². The summed E-state index contributed by atoms with van der Waals surface area (Å²) in [5.41, 5.74) is 2.29. The Bertz CT molecular complexity index is 688. The lowest BCUT2D eigenvalue weighted by Gasteiger charge is -2.04. The molecular weight excluding hydrogens is 254 g/mol. The number of carbonyl (C=O) groups excluding carboxylic acids is 1. The molecule has 0 aromatic carbocycles. The van der Waals surface area contributed by atoms with Gasteiger partial charge in [0, 0.05) is 18.3 Å². The van der Waals surface area contributed by atoms with E-state index in [2.05, 4.69) is 15.3 Å². The third-order valence-electron chi connectivity index (χ3n) is 2.49. The molecule has 3 rings (SSSR count). The van der Waals surface area contributed by atoms with Gasteiger partial charge in [-0.25, -0.2) is 4.98 Å². The molecule has 3 aromatic heterocycles. The predicted octanol–water partition coefficient (Wildman–Crippen LogP) is 3.06. The number of fused-ring (bicyclic) bond motifs is 1. The first-order chi connectivity index (χ1) is 8.74. The number of hydrogen-bond acceptors (Lipinski definition) is 3. The molecule has 0 aliphatic heterocycles. The lowest BCUT2D eigenvalue weighted by molar-refractivity contribution is 0.102. The molecule has 0 atom stereocenters. The molecule has 3 heterocycles. The SMILES string of the molecule is O=C(Nc1cccnc1Cl)c1cc2occc2[nH]1. The first-order valence-electron chi connectivity index (χ1n) is 5.22. The van der Waals surface area contributed by atoms with Gasteiger partial charge in [0.2, 0.25) is 0 Å². The standard InChI is InChI=1S/C12H8ClN3O2/c13-11-8(2-1-4-14-11)16-12(17)9-6-10-7(15-9)3-5-18-10/h1-6,15H,(H,16,17). The normalized spacial score (nSPS) is 10.7. The number of pyridine rings is 1. The van der Waals surface area contributed by atoms with Crippen LogP contribution >= 0.6 is 11.6 Å². The number of hydrogen-bond donors (Lipinski definition) is 2. The number of amides is 1. The molecule has 2 N–H and O–H groups in total. The van der Waals surface area contributed by atoms with Crippen LogP contribution in [0.25, 0.3) is 11.1 Å². The Morgan fingerprint density at radius 1 is 1.44 bits per heavy atom. The number of rotatable bonds is 2. The number of furan rings is 1. The quantitative estimate of drug-likeness (QED) is 0.697. The molecule has 0 saturated carbocycles. The number of halogens is 1. The largest absolute Gasteiger partial charge is 0.463 e.